The molecule has 1 amide bonds. The van der Waals surface area contributed by atoms with Gasteiger partial charge in [0.15, 0.2) is 5.78 Å². The van der Waals surface area contributed by atoms with Crippen molar-refractivity contribution < 1.29 is 9.59 Å². The maximum Gasteiger partial charge on any atom is 0.253 e. The molecular formula is C12H10N2O2S. The lowest BCUT2D eigenvalue weighted by Crippen LogP contribution is -2.29. The number of thiophene rings is 1. The van der Waals surface area contributed by atoms with Gasteiger partial charge in [0.2, 0.25) is 0 Å². The molecule has 0 saturated carbocycles. The SMILES string of the molecule is O=C(NCC(=O)c1cccs1)c1cccnc1. The van der Waals surface area contributed by atoms with E-state index in [0.717, 1.165) is 0 Å². The van der Waals surface area contributed by atoms with E-state index in [1.54, 1.807) is 30.5 Å². The zero-order valence-electron chi connectivity index (χ0n) is 8.92. The third-order valence-electron chi connectivity index (χ3n) is 2.13. The highest BCUT2D eigenvalue weighted by atomic mass is 32.1. The Morgan fingerprint density at radius 1 is 1.29 bits per heavy atom. The van der Waals surface area contributed by atoms with E-state index in [2.05, 4.69) is 10.3 Å². The van der Waals surface area contributed by atoms with Crippen LogP contribution >= 0.6 is 11.3 Å². The number of nitrogens with one attached hydrogen (secondary N) is 1. The molecule has 0 aliphatic carbocycles. The minimum atomic E-state index is -0.289. The molecule has 1 N–H and O–H groups in total. The molecule has 0 bridgehead atoms. The summed E-state index contributed by atoms with van der Waals surface area (Å²) >= 11 is 1.37. The van der Waals surface area contributed by atoms with Gasteiger partial charge in [-0.25, -0.2) is 0 Å². The summed E-state index contributed by atoms with van der Waals surface area (Å²) in [5, 5.41) is 4.39. The summed E-state index contributed by atoms with van der Waals surface area (Å²) < 4.78 is 0. The van der Waals surface area contributed by atoms with Crippen LogP contribution in [-0.2, 0) is 0 Å². The molecule has 0 fully saturated rings. The van der Waals surface area contributed by atoms with E-state index in [1.807, 2.05) is 5.38 Å². The first-order chi connectivity index (χ1) is 8.27. The molecule has 0 aliphatic rings. The molecule has 0 saturated heterocycles. The van der Waals surface area contributed by atoms with E-state index in [0.29, 0.717) is 10.4 Å². The number of nitrogens with zero attached hydrogens (tertiary/aromatic N) is 1. The number of ketones is 1. The summed E-state index contributed by atoms with van der Waals surface area (Å²) in [5.41, 5.74) is 0.450. The number of hydrogen-bond donors (Lipinski definition) is 1. The van der Waals surface area contributed by atoms with Crippen molar-refractivity contribution in [2.45, 2.75) is 0 Å². The van der Waals surface area contributed by atoms with Crippen molar-refractivity contribution in [3.05, 3.63) is 52.5 Å². The summed E-state index contributed by atoms with van der Waals surface area (Å²) in [7, 11) is 0. The minimum absolute atomic E-state index is 0.00818. The number of pyridine rings is 1. The van der Waals surface area contributed by atoms with Gasteiger partial charge in [0.1, 0.15) is 0 Å². The minimum Gasteiger partial charge on any atom is -0.344 e. The Balaban J connectivity index is 1.91. The highest BCUT2D eigenvalue weighted by Gasteiger charge is 2.10. The first-order valence-corrected chi connectivity index (χ1v) is 5.90. The number of carbonyl (C=O) groups excluding carboxylic acids is 2. The zero-order chi connectivity index (χ0) is 12.1. The predicted molar refractivity (Wildman–Crippen MR) is 65.2 cm³/mol. The third-order valence-corrected chi connectivity index (χ3v) is 3.04. The molecule has 0 radical (unpaired) electrons. The van der Waals surface area contributed by atoms with Gasteiger partial charge in [0.25, 0.3) is 5.91 Å². The first kappa shape index (κ1) is 11.5. The van der Waals surface area contributed by atoms with Crippen LogP contribution in [0.3, 0.4) is 0 Å². The normalized spacial score (nSPS) is 9.88. The lowest BCUT2D eigenvalue weighted by atomic mass is 10.2. The fraction of sp³-hybridized carbons (Fsp3) is 0.0833. The predicted octanol–water partition coefficient (Wildman–Crippen LogP) is 1.76. The van der Waals surface area contributed by atoms with E-state index in [1.165, 1.54) is 17.5 Å². The van der Waals surface area contributed by atoms with Gasteiger partial charge >= 0.3 is 0 Å². The number of hydrogen-bond acceptors (Lipinski definition) is 4. The summed E-state index contributed by atoms with van der Waals surface area (Å²) in [6, 6.07) is 6.87. The highest BCUT2D eigenvalue weighted by Crippen LogP contribution is 2.08. The quantitative estimate of drug-likeness (QED) is 0.836. The van der Waals surface area contributed by atoms with E-state index < -0.39 is 0 Å². The summed E-state index contributed by atoms with van der Waals surface area (Å²) in [6.07, 6.45) is 3.05. The van der Waals surface area contributed by atoms with Gasteiger partial charge in [-0.1, -0.05) is 6.07 Å². The number of amides is 1. The van der Waals surface area contributed by atoms with E-state index in [-0.39, 0.29) is 18.2 Å². The lowest BCUT2D eigenvalue weighted by Gasteiger charge is -2.02. The number of aromatic nitrogens is 1. The Morgan fingerprint density at radius 2 is 2.18 bits per heavy atom. The fourth-order valence-corrected chi connectivity index (χ4v) is 1.95. The molecule has 2 aromatic heterocycles. The second kappa shape index (κ2) is 5.36. The molecule has 2 heterocycles. The van der Waals surface area contributed by atoms with Crippen molar-refractivity contribution in [1.29, 1.82) is 0 Å². The Hall–Kier alpha value is -2.01. The van der Waals surface area contributed by atoms with Crippen LogP contribution in [0.25, 0.3) is 0 Å². The number of rotatable bonds is 4. The molecule has 0 aliphatic heterocycles. The van der Waals surface area contributed by atoms with E-state index in [4.69, 9.17) is 0 Å². The van der Waals surface area contributed by atoms with Crippen LogP contribution in [0.4, 0.5) is 0 Å². The number of carbonyl (C=O) groups is 2. The van der Waals surface area contributed by atoms with Crippen molar-refractivity contribution in [3.8, 4) is 0 Å². The van der Waals surface area contributed by atoms with Crippen molar-refractivity contribution in [2.24, 2.45) is 0 Å². The monoisotopic (exact) mass is 246 g/mol. The summed E-state index contributed by atoms with van der Waals surface area (Å²) in [4.78, 5) is 27.7. The van der Waals surface area contributed by atoms with Crippen molar-refractivity contribution >= 4 is 23.0 Å². The molecule has 2 aromatic rings. The van der Waals surface area contributed by atoms with E-state index >= 15 is 0 Å². The average Bonchev–Trinajstić information content (AvgIpc) is 2.90. The first-order valence-electron chi connectivity index (χ1n) is 5.02. The second-order valence-corrected chi connectivity index (χ2v) is 4.27. The van der Waals surface area contributed by atoms with Crippen LogP contribution < -0.4 is 5.32 Å². The van der Waals surface area contributed by atoms with Crippen LogP contribution in [0.15, 0.2) is 42.0 Å². The van der Waals surface area contributed by atoms with Crippen LogP contribution in [-0.4, -0.2) is 23.2 Å². The summed E-state index contributed by atoms with van der Waals surface area (Å²) in [6.45, 7) is 0.00818. The maximum atomic E-state index is 11.6. The number of Topliss-reactive ketones (excluding diaryl/α,β-unsaturated/α-hetero) is 1. The van der Waals surface area contributed by atoms with Crippen molar-refractivity contribution in [3.63, 3.8) is 0 Å². The Morgan fingerprint density at radius 3 is 2.82 bits per heavy atom. The molecule has 0 aromatic carbocycles. The molecule has 0 atom stereocenters. The van der Waals surface area contributed by atoms with Crippen LogP contribution in [0, 0.1) is 0 Å². The molecule has 5 heteroatoms. The topological polar surface area (TPSA) is 59.1 Å². The van der Waals surface area contributed by atoms with E-state index in [9.17, 15) is 9.59 Å². The van der Waals surface area contributed by atoms with Crippen LogP contribution in [0.5, 0.6) is 0 Å². The van der Waals surface area contributed by atoms with Crippen molar-refractivity contribution in [2.75, 3.05) is 6.54 Å². The zero-order valence-corrected chi connectivity index (χ0v) is 9.74. The van der Waals surface area contributed by atoms with Gasteiger partial charge in [-0.05, 0) is 23.6 Å². The third kappa shape index (κ3) is 2.98. The molecule has 17 heavy (non-hydrogen) atoms. The molecule has 0 spiro atoms. The molecule has 86 valence electrons. The van der Waals surface area contributed by atoms with Gasteiger partial charge in [-0.3, -0.25) is 14.6 Å². The van der Waals surface area contributed by atoms with Gasteiger partial charge in [0, 0.05) is 12.4 Å². The van der Waals surface area contributed by atoms with Gasteiger partial charge in [-0.15, -0.1) is 11.3 Å². The van der Waals surface area contributed by atoms with Gasteiger partial charge in [-0.2, -0.15) is 0 Å². The Bertz CT molecular complexity index is 509. The average molecular weight is 246 g/mol. The molecule has 4 nitrogen and oxygen atoms in total. The Kier molecular flexibility index (Phi) is 3.62. The van der Waals surface area contributed by atoms with Gasteiger partial charge < -0.3 is 5.32 Å². The standard InChI is InChI=1S/C12H10N2O2S/c15-10(11-4-2-6-17-11)8-14-12(16)9-3-1-5-13-7-9/h1-7H,8H2,(H,14,16). The second-order valence-electron chi connectivity index (χ2n) is 3.32. The highest BCUT2D eigenvalue weighted by molar-refractivity contribution is 7.12. The summed E-state index contributed by atoms with van der Waals surface area (Å²) in [5.74, 6) is -0.375. The fourth-order valence-electron chi connectivity index (χ4n) is 1.28. The smallest absolute Gasteiger partial charge is 0.253 e. The molecular weight excluding hydrogens is 236 g/mol. The van der Waals surface area contributed by atoms with Crippen LogP contribution in [0.2, 0.25) is 0 Å². The van der Waals surface area contributed by atoms with Crippen LogP contribution in [0.1, 0.15) is 20.0 Å². The largest absolute Gasteiger partial charge is 0.344 e. The lowest BCUT2D eigenvalue weighted by molar-refractivity contribution is 0.0905. The molecule has 2 rings (SSSR count). The van der Waals surface area contributed by atoms with Crippen molar-refractivity contribution in [1.82, 2.24) is 10.3 Å². The Labute approximate surface area is 102 Å². The van der Waals surface area contributed by atoms with Gasteiger partial charge in [0.05, 0.1) is 17.0 Å². The molecule has 0 unspecified atom stereocenters. The maximum absolute atomic E-state index is 11.6.